The van der Waals surface area contributed by atoms with Gasteiger partial charge in [-0.15, -0.1) is 0 Å². The standard InChI is InChI=1S/C17H25NO4S2/c1-2-14-6-8-15(9-7-14)24(21,22)17-13-23(19,20)12-16(17)18-10-4-3-5-11-18/h6-9,16-17H,2-5,10-13H2,1H3. The molecule has 2 atom stereocenters. The fourth-order valence-corrected chi connectivity index (χ4v) is 8.60. The monoisotopic (exact) mass is 371 g/mol. The Balaban J connectivity index is 1.93. The number of likely N-dealkylation sites (tertiary alicyclic amines) is 1. The van der Waals surface area contributed by atoms with Crippen LogP contribution in [0, 0.1) is 0 Å². The van der Waals surface area contributed by atoms with Crippen molar-refractivity contribution in [2.45, 2.75) is 48.8 Å². The molecule has 0 radical (unpaired) electrons. The van der Waals surface area contributed by atoms with Crippen molar-refractivity contribution in [3.05, 3.63) is 29.8 Å². The maximum Gasteiger partial charge on any atom is 0.183 e. The van der Waals surface area contributed by atoms with Gasteiger partial charge in [0.15, 0.2) is 19.7 Å². The number of rotatable bonds is 4. The molecule has 0 aromatic heterocycles. The van der Waals surface area contributed by atoms with E-state index in [1.165, 1.54) is 0 Å². The van der Waals surface area contributed by atoms with Gasteiger partial charge in [-0.1, -0.05) is 25.5 Å². The van der Waals surface area contributed by atoms with Crippen molar-refractivity contribution in [3.8, 4) is 0 Å². The molecule has 2 aliphatic rings. The van der Waals surface area contributed by atoms with Gasteiger partial charge < -0.3 is 0 Å². The van der Waals surface area contributed by atoms with Crippen molar-refractivity contribution < 1.29 is 16.8 Å². The van der Waals surface area contributed by atoms with Crippen LogP contribution in [0.1, 0.15) is 31.7 Å². The fraction of sp³-hybridized carbons (Fsp3) is 0.647. The molecule has 0 saturated carbocycles. The third-order valence-corrected chi connectivity index (χ3v) is 9.32. The van der Waals surface area contributed by atoms with E-state index in [1.807, 2.05) is 19.1 Å². The van der Waals surface area contributed by atoms with Crippen molar-refractivity contribution in [1.82, 2.24) is 4.90 Å². The quantitative estimate of drug-likeness (QED) is 0.805. The topological polar surface area (TPSA) is 71.5 Å². The second-order valence-electron chi connectivity index (χ2n) is 6.82. The van der Waals surface area contributed by atoms with E-state index < -0.39 is 31.0 Å². The minimum atomic E-state index is -3.65. The molecule has 2 unspecified atom stereocenters. The van der Waals surface area contributed by atoms with Crippen molar-refractivity contribution in [3.63, 3.8) is 0 Å². The highest BCUT2D eigenvalue weighted by atomic mass is 32.2. The lowest BCUT2D eigenvalue weighted by Crippen LogP contribution is -2.48. The van der Waals surface area contributed by atoms with Gasteiger partial charge in [0.2, 0.25) is 0 Å². The van der Waals surface area contributed by atoms with E-state index in [0.717, 1.165) is 44.3 Å². The van der Waals surface area contributed by atoms with Crippen LogP contribution in [0.4, 0.5) is 0 Å². The molecular formula is C17H25NO4S2. The Morgan fingerprint density at radius 1 is 1.04 bits per heavy atom. The SMILES string of the molecule is CCc1ccc(S(=O)(=O)C2CS(=O)(=O)CC2N2CCCCC2)cc1. The second kappa shape index (κ2) is 6.77. The predicted molar refractivity (Wildman–Crippen MR) is 94.7 cm³/mol. The lowest BCUT2D eigenvalue weighted by atomic mass is 10.1. The summed E-state index contributed by atoms with van der Waals surface area (Å²) in [7, 11) is -6.97. The Labute approximate surface area is 144 Å². The molecule has 1 aromatic carbocycles. The Hall–Kier alpha value is -0.920. The van der Waals surface area contributed by atoms with Gasteiger partial charge in [0.05, 0.1) is 21.7 Å². The van der Waals surface area contributed by atoms with Crippen LogP contribution < -0.4 is 0 Å². The maximum atomic E-state index is 13.1. The average Bonchev–Trinajstić information content (AvgIpc) is 2.92. The summed E-state index contributed by atoms with van der Waals surface area (Å²) in [5.74, 6) is -0.296. The molecule has 0 aliphatic carbocycles. The highest BCUT2D eigenvalue weighted by molar-refractivity contribution is 7.96. The lowest BCUT2D eigenvalue weighted by molar-refractivity contribution is 0.178. The van der Waals surface area contributed by atoms with Crippen LogP contribution in [-0.2, 0) is 26.1 Å². The van der Waals surface area contributed by atoms with Crippen LogP contribution in [0.5, 0.6) is 0 Å². The molecule has 7 heteroatoms. The van der Waals surface area contributed by atoms with E-state index in [4.69, 9.17) is 0 Å². The molecular weight excluding hydrogens is 346 g/mol. The summed E-state index contributed by atoms with van der Waals surface area (Å²) in [6.45, 7) is 3.60. The van der Waals surface area contributed by atoms with Gasteiger partial charge in [0.25, 0.3) is 0 Å². The summed E-state index contributed by atoms with van der Waals surface area (Å²) in [6.07, 6.45) is 3.99. The molecule has 3 rings (SSSR count). The molecule has 1 aromatic rings. The Morgan fingerprint density at radius 3 is 2.25 bits per heavy atom. The zero-order valence-corrected chi connectivity index (χ0v) is 15.7. The van der Waals surface area contributed by atoms with Crippen LogP contribution >= 0.6 is 0 Å². The van der Waals surface area contributed by atoms with Crippen molar-refractivity contribution >= 4 is 19.7 Å². The molecule has 2 heterocycles. The summed E-state index contributed by atoms with van der Waals surface area (Å²) in [4.78, 5) is 2.32. The Bertz CT molecular complexity index is 778. The third-order valence-electron chi connectivity index (χ3n) is 5.19. The van der Waals surface area contributed by atoms with Gasteiger partial charge in [-0.2, -0.15) is 0 Å². The summed E-state index contributed by atoms with van der Waals surface area (Å²) in [5.41, 5.74) is 1.07. The number of hydrogen-bond donors (Lipinski definition) is 0. The molecule has 0 spiro atoms. The fourth-order valence-electron chi connectivity index (χ4n) is 3.77. The van der Waals surface area contributed by atoms with Crippen molar-refractivity contribution in [2.75, 3.05) is 24.6 Å². The predicted octanol–water partition coefficient (Wildman–Crippen LogP) is 1.67. The van der Waals surface area contributed by atoms with Crippen molar-refractivity contribution in [1.29, 1.82) is 0 Å². The maximum absolute atomic E-state index is 13.1. The first kappa shape index (κ1) is 17.9. The first-order valence-corrected chi connectivity index (χ1v) is 12.0. The minimum Gasteiger partial charge on any atom is -0.298 e. The van der Waals surface area contributed by atoms with Gasteiger partial charge in [-0.25, -0.2) is 16.8 Å². The average molecular weight is 372 g/mol. The first-order valence-electron chi connectivity index (χ1n) is 8.61. The molecule has 24 heavy (non-hydrogen) atoms. The van der Waals surface area contributed by atoms with E-state index >= 15 is 0 Å². The summed E-state index contributed by atoms with van der Waals surface area (Å²) in [5, 5.41) is -0.854. The smallest absolute Gasteiger partial charge is 0.183 e. The third kappa shape index (κ3) is 3.53. The van der Waals surface area contributed by atoms with Crippen LogP contribution in [-0.4, -0.2) is 57.6 Å². The Kier molecular flexibility index (Phi) is 5.04. The molecule has 2 saturated heterocycles. The normalized spacial score (nSPS) is 28.0. The van der Waals surface area contributed by atoms with Crippen LogP contribution in [0.25, 0.3) is 0 Å². The lowest BCUT2D eigenvalue weighted by Gasteiger charge is -2.34. The summed E-state index contributed by atoms with van der Waals surface area (Å²) >= 11 is 0. The van der Waals surface area contributed by atoms with Crippen LogP contribution in [0.15, 0.2) is 29.2 Å². The van der Waals surface area contributed by atoms with Gasteiger partial charge in [0.1, 0.15) is 0 Å². The largest absolute Gasteiger partial charge is 0.298 e. The summed E-state index contributed by atoms with van der Waals surface area (Å²) < 4.78 is 50.5. The molecule has 0 bridgehead atoms. The van der Waals surface area contributed by atoms with E-state index in [2.05, 4.69) is 4.90 Å². The zero-order valence-electron chi connectivity index (χ0n) is 14.0. The summed E-state index contributed by atoms with van der Waals surface area (Å²) in [6, 6.07) is 6.45. The molecule has 2 fully saturated rings. The molecule has 2 aliphatic heterocycles. The number of benzene rings is 1. The van der Waals surface area contributed by atoms with E-state index in [-0.39, 0.29) is 16.4 Å². The molecule has 0 amide bonds. The van der Waals surface area contributed by atoms with Crippen molar-refractivity contribution in [2.24, 2.45) is 0 Å². The molecule has 134 valence electrons. The second-order valence-corrected chi connectivity index (χ2v) is 11.1. The number of hydrogen-bond acceptors (Lipinski definition) is 5. The van der Waals surface area contributed by atoms with Gasteiger partial charge in [-0.05, 0) is 50.0 Å². The highest BCUT2D eigenvalue weighted by Crippen LogP contribution is 2.30. The number of nitrogens with zero attached hydrogens (tertiary/aromatic N) is 1. The zero-order chi connectivity index (χ0) is 17.4. The van der Waals surface area contributed by atoms with Crippen LogP contribution in [0.3, 0.4) is 0 Å². The van der Waals surface area contributed by atoms with E-state index in [1.54, 1.807) is 12.1 Å². The number of aryl methyl sites for hydroxylation is 1. The van der Waals surface area contributed by atoms with Gasteiger partial charge in [-0.3, -0.25) is 4.90 Å². The van der Waals surface area contributed by atoms with E-state index in [9.17, 15) is 16.8 Å². The molecule has 0 N–H and O–H groups in total. The van der Waals surface area contributed by atoms with E-state index in [0.29, 0.717) is 0 Å². The van der Waals surface area contributed by atoms with Gasteiger partial charge >= 0.3 is 0 Å². The highest BCUT2D eigenvalue weighted by Gasteiger charge is 2.48. The number of piperidine rings is 1. The minimum absolute atomic E-state index is 0.0378. The van der Waals surface area contributed by atoms with Crippen LogP contribution in [0.2, 0.25) is 0 Å². The van der Waals surface area contributed by atoms with Gasteiger partial charge in [0, 0.05) is 6.04 Å². The number of sulfone groups is 2. The molecule has 5 nitrogen and oxygen atoms in total. The first-order chi connectivity index (χ1) is 11.3. The Morgan fingerprint density at radius 2 is 1.67 bits per heavy atom.